The van der Waals surface area contributed by atoms with Gasteiger partial charge >= 0.3 is 0 Å². The average molecular weight is 205 g/mol. The molecule has 1 aromatic rings. The van der Waals surface area contributed by atoms with Crippen LogP contribution < -0.4 is 5.73 Å². The van der Waals surface area contributed by atoms with E-state index in [1.165, 1.54) is 19.2 Å². The summed E-state index contributed by atoms with van der Waals surface area (Å²) in [6, 6.07) is 5.86. The summed E-state index contributed by atoms with van der Waals surface area (Å²) < 4.78 is 25.1. The summed E-state index contributed by atoms with van der Waals surface area (Å²) in [4.78, 5) is 0.693. The third kappa shape index (κ3) is 4.24. The van der Waals surface area contributed by atoms with Crippen LogP contribution in [0.2, 0.25) is 0 Å². The Bertz CT molecular complexity index is 241. The highest BCUT2D eigenvalue weighted by molar-refractivity contribution is 7.80. The van der Waals surface area contributed by atoms with Gasteiger partial charge in [-0.25, -0.2) is 8.78 Å². The molecule has 0 saturated carbocycles. The van der Waals surface area contributed by atoms with Gasteiger partial charge in [0.1, 0.15) is 0 Å². The van der Waals surface area contributed by atoms with Gasteiger partial charge in [-0.2, -0.15) is 0 Å². The summed E-state index contributed by atoms with van der Waals surface area (Å²) in [6.45, 7) is 0.876. The molecule has 13 heavy (non-hydrogen) atoms. The van der Waals surface area contributed by atoms with E-state index in [2.05, 4.69) is 18.4 Å². The van der Waals surface area contributed by atoms with Gasteiger partial charge < -0.3 is 5.73 Å². The van der Waals surface area contributed by atoms with Crippen molar-refractivity contribution in [3.05, 3.63) is 29.8 Å². The van der Waals surface area contributed by atoms with Gasteiger partial charge in [-0.05, 0) is 19.2 Å². The minimum absolute atomic E-state index is 0.0234. The number of halogens is 2. The second-order valence-corrected chi connectivity index (χ2v) is 2.95. The maximum Gasteiger partial charge on any atom is 0.270 e. The maximum atomic E-state index is 12.6. The summed E-state index contributed by atoms with van der Waals surface area (Å²) in [7, 11) is 1.50. The molecule has 0 fully saturated rings. The molecule has 0 aliphatic carbocycles. The largest absolute Gasteiger partial charge is 0.333 e. The molecule has 4 heteroatoms. The number of thiol groups is 1. The van der Waals surface area contributed by atoms with Crippen molar-refractivity contribution < 1.29 is 8.78 Å². The van der Waals surface area contributed by atoms with Gasteiger partial charge in [0, 0.05) is 17.4 Å². The Labute approximate surface area is 82.4 Å². The standard InChI is InChI=1S/C8H8F2S.CH5N/c1-8(9,10)6-2-4-7(11)5-3-6;1-2/h2-5,11H,1H3;2H2,1H3. The van der Waals surface area contributed by atoms with Crippen LogP contribution in [-0.4, -0.2) is 7.05 Å². The fraction of sp³-hybridized carbons (Fsp3) is 0.333. The Morgan fingerprint density at radius 1 is 1.15 bits per heavy atom. The smallest absolute Gasteiger partial charge is 0.270 e. The monoisotopic (exact) mass is 205 g/mol. The summed E-state index contributed by atoms with van der Waals surface area (Å²) in [5.74, 6) is -2.75. The van der Waals surface area contributed by atoms with E-state index in [4.69, 9.17) is 0 Å². The lowest BCUT2D eigenvalue weighted by Crippen LogP contribution is -2.05. The first-order valence-corrected chi connectivity index (χ1v) is 4.20. The molecule has 0 spiro atoms. The summed E-state index contributed by atoms with van der Waals surface area (Å²) in [6.07, 6.45) is 0. The van der Waals surface area contributed by atoms with E-state index in [1.54, 1.807) is 12.1 Å². The predicted molar refractivity (Wildman–Crippen MR) is 53.4 cm³/mol. The molecule has 1 nitrogen and oxygen atoms in total. The fourth-order valence-electron chi connectivity index (χ4n) is 0.754. The molecule has 0 bridgehead atoms. The molecular weight excluding hydrogens is 192 g/mol. The van der Waals surface area contributed by atoms with Gasteiger partial charge in [0.2, 0.25) is 0 Å². The van der Waals surface area contributed by atoms with E-state index in [9.17, 15) is 8.78 Å². The molecule has 2 N–H and O–H groups in total. The van der Waals surface area contributed by atoms with E-state index in [1.807, 2.05) is 0 Å². The van der Waals surface area contributed by atoms with Crippen molar-refractivity contribution >= 4 is 12.6 Å². The maximum absolute atomic E-state index is 12.6. The lowest BCUT2D eigenvalue weighted by molar-refractivity contribution is 0.0174. The molecule has 0 aliphatic rings. The molecule has 0 saturated heterocycles. The van der Waals surface area contributed by atoms with Crippen LogP contribution in [0.1, 0.15) is 12.5 Å². The summed E-state index contributed by atoms with van der Waals surface area (Å²) in [5.41, 5.74) is 4.52. The fourth-order valence-corrected chi connectivity index (χ4v) is 0.903. The van der Waals surface area contributed by atoms with Crippen LogP contribution in [0.5, 0.6) is 0 Å². The number of hydrogen-bond acceptors (Lipinski definition) is 2. The molecule has 1 aromatic carbocycles. The number of alkyl halides is 2. The minimum atomic E-state index is -2.75. The van der Waals surface area contributed by atoms with Gasteiger partial charge in [-0.15, -0.1) is 12.6 Å². The van der Waals surface area contributed by atoms with Crippen LogP contribution >= 0.6 is 12.6 Å². The van der Waals surface area contributed by atoms with E-state index in [0.717, 1.165) is 6.92 Å². The van der Waals surface area contributed by atoms with Crippen molar-refractivity contribution in [1.82, 2.24) is 0 Å². The Kier molecular flexibility index (Phi) is 4.95. The Balaban J connectivity index is 0.000000671. The first-order valence-electron chi connectivity index (χ1n) is 3.75. The van der Waals surface area contributed by atoms with E-state index >= 15 is 0 Å². The molecule has 74 valence electrons. The summed E-state index contributed by atoms with van der Waals surface area (Å²) in [5, 5.41) is 0. The minimum Gasteiger partial charge on any atom is -0.333 e. The molecule has 0 unspecified atom stereocenters. The van der Waals surface area contributed by atoms with Crippen molar-refractivity contribution in [2.75, 3.05) is 7.05 Å². The Morgan fingerprint density at radius 2 is 1.54 bits per heavy atom. The topological polar surface area (TPSA) is 26.0 Å². The van der Waals surface area contributed by atoms with Gasteiger partial charge in [0.05, 0.1) is 0 Å². The van der Waals surface area contributed by atoms with Crippen molar-refractivity contribution in [2.45, 2.75) is 17.7 Å². The molecular formula is C9H13F2NS. The SMILES string of the molecule is CC(F)(F)c1ccc(S)cc1.CN. The number of hydrogen-bond donors (Lipinski definition) is 2. The van der Waals surface area contributed by atoms with Crippen LogP contribution in [0.4, 0.5) is 8.78 Å². The van der Waals surface area contributed by atoms with Crippen LogP contribution in [-0.2, 0) is 5.92 Å². The van der Waals surface area contributed by atoms with Crippen LogP contribution in [0.3, 0.4) is 0 Å². The molecule has 0 heterocycles. The Hall–Kier alpha value is -0.610. The third-order valence-electron chi connectivity index (χ3n) is 1.37. The highest BCUT2D eigenvalue weighted by Crippen LogP contribution is 2.27. The molecule has 1 rings (SSSR count). The Morgan fingerprint density at radius 3 is 1.85 bits per heavy atom. The second kappa shape index (κ2) is 5.19. The van der Waals surface area contributed by atoms with Crippen LogP contribution in [0, 0.1) is 0 Å². The van der Waals surface area contributed by atoms with Crippen LogP contribution in [0.25, 0.3) is 0 Å². The highest BCUT2D eigenvalue weighted by Gasteiger charge is 2.23. The molecule has 0 aliphatic heterocycles. The normalized spacial score (nSPS) is 10.3. The lowest BCUT2D eigenvalue weighted by Gasteiger charge is -2.09. The van der Waals surface area contributed by atoms with Crippen molar-refractivity contribution in [3.63, 3.8) is 0 Å². The zero-order chi connectivity index (χ0) is 10.5. The van der Waals surface area contributed by atoms with Gasteiger partial charge in [0.15, 0.2) is 0 Å². The molecule has 0 aromatic heterocycles. The first kappa shape index (κ1) is 12.4. The van der Waals surface area contributed by atoms with Gasteiger partial charge in [0.25, 0.3) is 5.92 Å². The number of benzene rings is 1. The first-order chi connectivity index (χ1) is 6.00. The van der Waals surface area contributed by atoms with E-state index < -0.39 is 5.92 Å². The number of nitrogens with two attached hydrogens (primary N) is 1. The molecule has 0 amide bonds. The van der Waals surface area contributed by atoms with Crippen molar-refractivity contribution in [2.24, 2.45) is 5.73 Å². The van der Waals surface area contributed by atoms with E-state index in [-0.39, 0.29) is 5.56 Å². The van der Waals surface area contributed by atoms with Crippen molar-refractivity contribution in [1.29, 1.82) is 0 Å². The van der Waals surface area contributed by atoms with Gasteiger partial charge in [-0.1, -0.05) is 12.1 Å². The highest BCUT2D eigenvalue weighted by atomic mass is 32.1. The molecule has 0 atom stereocenters. The third-order valence-corrected chi connectivity index (χ3v) is 1.67. The lowest BCUT2D eigenvalue weighted by atomic mass is 10.1. The zero-order valence-electron chi connectivity index (χ0n) is 7.59. The average Bonchev–Trinajstić information content (AvgIpc) is 2.07. The second-order valence-electron chi connectivity index (χ2n) is 2.44. The van der Waals surface area contributed by atoms with Crippen molar-refractivity contribution in [3.8, 4) is 0 Å². The molecule has 0 radical (unpaired) electrons. The quantitative estimate of drug-likeness (QED) is 0.677. The van der Waals surface area contributed by atoms with Crippen LogP contribution in [0.15, 0.2) is 29.2 Å². The zero-order valence-corrected chi connectivity index (χ0v) is 8.48. The number of rotatable bonds is 1. The van der Waals surface area contributed by atoms with Gasteiger partial charge in [-0.3, -0.25) is 0 Å². The van der Waals surface area contributed by atoms with E-state index in [0.29, 0.717) is 4.90 Å². The summed E-state index contributed by atoms with van der Waals surface area (Å²) >= 11 is 3.98. The predicted octanol–water partition coefficient (Wildman–Crippen LogP) is 2.66.